The van der Waals surface area contributed by atoms with Crippen LogP contribution in [-0.4, -0.2) is 0 Å². The van der Waals surface area contributed by atoms with Crippen LogP contribution in [0.4, 0.5) is 0 Å². The van der Waals surface area contributed by atoms with Crippen LogP contribution >= 0.6 is 8.58 Å². The Labute approximate surface area is 188 Å². The Hall–Kier alpha value is -1.81. The van der Waals surface area contributed by atoms with Gasteiger partial charge in [-0.05, 0) is 5.30 Å². The van der Waals surface area contributed by atoms with Crippen molar-refractivity contribution in [2.45, 2.75) is 13.8 Å². The summed E-state index contributed by atoms with van der Waals surface area (Å²) in [6, 6.07) is 34.5. The smallest absolute Gasteiger partial charge is 0.165 e. The summed E-state index contributed by atoms with van der Waals surface area (Å²) >= 11 is 0. The molecule has 0 aliphatic heterocycles. The van der Waals surface area contributed by atoms with E-state index in [2.05, 4.69) is 111 Å². The molecular formula is C26H23PZr. The van der Waals surface area contributed by atoms with Crippen molar-refractivity contribution in [1.29, 1.82) is 0 Å². The predicted molar refractivity (Wildman–Crippen MR) is 123 cm³/mol. The van der Waals surface area contributed by atoms with Crippen LogP contribution in [0.15, 0.2) is 97.1 Å². The number of fused-ring (bicyclic) bond motifs is 2. The summed E-state index contributed by atoms with van der Waals surface area (Å²) in [5.41, 5.74) is 2.76. The summed E-state index contributed by atoms with van der Waals surface area (Å²) in [7, 11) is 0.754. The molecule has 5 aromatic rings. The largest absolute Gasteiger partial charge is 2.00 e. The van der Waals surface area contributed by atoms with E-state index >= 15 is 0 Å². The Morgan fingerprint density at radius 1 is 0.679 bits per heavy atom. The van der Waals surface area contributed by atoms with Crippen molar-refractivity contribution in [1.82, 2.24) is 0 Å². The fourth-order valence-electron chi connectivity index (χ4n) is 3.51. The van der Waals surface area contributed by atoms with Gasteiger partial charge in [-0.3, -0.25) is 0 Å². The van der Waals surface area contributed by atoms with Crippen molar-refractivity contribution >= 4 is 40.7 Å². The fourth-order valence-corrected chi connectivity index (χ4v) is 4.79. The van der Waals surface area contributed by atoms with Gasteiger partial charge in [0.15, 0.2) is 0 Å². The minimum Gasteiger partial charge on any atom is -0.165 e. The molecule has 0 bridgehead atoms. The second-order valence-corrected chi connectivity index (χ2v) is 8.27. The van der Waals surface area contributed by atoms with Gasteiger partial charge in [0.1, 0.15) is 0 Å². The molecule has 136 valence electrons. The molecule has 0 nitrogen and oxygen atoms in total. The van der Waals surface area contributed by atoms with Gasteiger partial charge in [-0.15, -0.1) is 95.1 Å². The first-order chi connectivity index (χ1) is 13.2. The predicted octanol–water partition coefficient (Wildman–Crippen LogP) is 6.36. The average Bonchev–Trinajstić information content (AvgIpc) is 3.22. The van der Waals surface area contributed by atoms with Gasteiger partial charge in [-0.1, -0.05) is 56.3 Å². The molecule has 0 saturated heterocycles. The van der Waals surface area contributed by atoms with E-state index in [-0.39, 0.29) is 26.2 Å². The van der Waals surface area contributed by atoms with E-state index in [4.69, 9.17) is 0 Å². The third-order valence-corrected chi connectivity index (χ3v) is 6.34. The van der Waals surface area contributed by atoms with Crippen LogP contribution in [0, 0.1) is 13.8 Å². The fraction of sp³-hybridized carbons (Fsp3) is 0.0769. The Morgan fingerprint density at radius 3 is 2.07 bits per heavy atom. The summed E-state index contributed by atoms with van der Waals surface area (Å²) in [6.45, 7) is 4.34. The Kier molecular flexibility index (Phi) is 7.17. The molecule has 0 N–H and O–H groups in total. The maximum absolute atomic E-state index is 2.29. The van der Waals surface area contributed by atoms with Crippen molar-refractivity contribution in [3.05, 3.63) is 108 Å². The minimum atomic E-state index is 0. The number of rotatable bonds is 2. The zero-order chi connectivity index (χ0) is 18.6. The van der Waals surface area contributed by atoms with Gasteiger partial charge in [0.25, 0.3) is 0 Å². The average molecular weight is 458 g/mol. The monoisotopic (exact) mass is 456 g/mol. The third-order valence-electron chi connectivity index (χ3n) is 4.80. The second kappa shape index (κ2) is 9.60. The van der Waals surface area contributed by atoms with Crippen molar-refractivity contribution in [3.8, 4) is 0 Å². The van der Waals surface area contributed by atoms with Crippen molar-refractivity contribution < 1.29 is 26.2 Å². The van der Waals surface area contributed by atoms with E-state index < -0.39 is 0 Å². The molecule has 5 rings (SSSR count). The number of hydrogen-bond acceptors (Lipinski definition) is 0. The van der Waals surface area contributed by atoms with Crippen LogP contribution in [0.25, 0.3) is 21.5 Å². The van der Waals surface area contributed by atoms with Gasteiger partial charge in [-0.25, -0.2) is 0 Å². The van der Waals surface area contributed by atoms with Crippen LogP contribution in [0.1, 0.15) is 11.1 Å². The molecule has 1 atom stereocenters. The first-order valence-electron chi connectivity index (χ1n) is 9.30. The maximum atomic E-state index is 2.29. The van der Waals surface area contributed by atoms with Crippen LogP contribution in [0.5, 0.6) is 0 Å². The van der Waals surface area contributed by atoms with E-state index in [1.54, 1.807) is 0 Å². The van der Waals surface area contributed by atoms with E-state index in [1.165, 1.54) is 43.3 Å². The maximum Gasteiger partial charge on any atom is 2.00 e. The molecule has 0 radical (unpaired) electrons. The Bertz CT molecular complexity index is 1130. The quantitative estimate of drug-likeness (QED) is 0.214. The molecule has 0 amide bonds. The number of hydrogen-bond donors (Lipinski definition) is 0. The molecule has 0 spiro atoms. The Morgan fingerprint density at radius 2 is 1.32 bits per heavy atom. The summed E-state index contributed by atoms with van der Waals surface area (Å²) in [5, 5.41) is 8.37. The minimum absolute atomic E-state index is 0. The molecule has 2 heteroatoms. The summed E-state index contributed by atoms with van der Waals surface area (Å²) in [4.78, 5) is 0. The molecule has 0 fully saturated rings. The normalized spacial score (nSPS) is 10.8. The van der Waals surface area contributed by atoms with Crippen LogP contribution in [0.2, 0.25) is 0 Å². The second-order valence-electron chi connectivity index (χ2n) is 6.94. The van der Waals surface area contributed by atoms with E-state index in [0.717, 1.165) is 8.58 Å². The van der Waals surface area contributed by atoms with Crippen LogP contribution in [0.3, 0.4) is 0 Å². The van der Waals surface area contributed by atoms with Gasteiger partial charge in [-0.2, -0.15) is 6.07 Å². The van der Waals surface area contributed by atoms with Gasteiger partial charge in [0, 0.05) is 0 Å². The summed E-state index contributed by atoms with van der Waals surface area (Å²) in [6.07, 6.45) is 0. The van der Waals surface area contributed by atoms with E-state index in [9.17, 15) is 0 Å². The van der Waals surface area contributed by atoms with Crippen molar-refractivity contribution in [3.63, 3.8) is 0 Å². The third kappa shape index (κ3) is 4.78. The molecule has 0 aliphatic carbocycles. The summed E-state index contributed by atoms with van der Waals surface area (Å²) in [5.74, 6) is 0. The molecular weight excluding hydrogens is 434 g/mol. The van der Waals surface area contributed by atoms with E-state index in [1.807, 2.05) is 0 Å². The van der Waals surface area contributed by atoms with Gasteiger partial charge in [0.2, 0.25) is 0 Å². The molecule has 0 aromatic heterocycles. The van der Waals surface area contributed by atoms with Gasteiger partial charge >= 0.3 is 26.2 Å². The summed E-state index contributed by atoms with van der Waals surface area (Å²) < 4.78 is 0. The molecule has 0 aliphatic rings. The van der Waals surface area contributed by atoms with Crippen LogP contribution in [-0.2, 0) is 26.2 Å². The topological polar surface area (TPSA) is 0 Å². The van der Waals surface area contributed by atoms with Crippen molar-refractivity contribution in [2.24, 2.45) is 0 Å². The number of benzene rings is 3. The van der Waals surface area contributed by atoms with Gasteiger partial charge < -0.3 is 0 Å². The van der Waals surface area contributed by atoms with Gasteiger partial charge in [0.05, 0.1) is 0 Å². The number of aryl methyl sites for hydroxylation is 2. The molecule has 5 aromatic carbocycles. The first-order valence-corrected chi connectivity index (χ1v) is 10.3. The molecule has 1 unspecified atom stereocenters. The van der Waals surface area contributed by atoms with Crippen LogP contribution < -0.4 is 10.6 Å². The standard InChI is InChI=1S/C16H14P.C10H9.Zr/c1-12-11-13-7-5-6-10-15(13)16(12)17-14-8-3-2-4-9-14;1-8-6-9-4-2-3-5-10(9)7-8;/h2-11,17H,1H3;2-7H,1H3;/q2*-1;+2. The molecule has 0 saturated carbocycles. The molecule has 0 heterocycles. The Balaban J connectivity index is 0.000000175. The van der Waals surface area contributed by atoms with Crippen molar-refractivity contribution in [2.75, 3.05) is 0 Å². The first kappa shape index (κ1) is 20.9. The zero-order valence-corrected chi connectivity index (χ0v) is 19.7. The van der Waals surface area contributed by atoms with E-state index in [0.29, 0.717) is 0 Å². The SMILES string of the molecule is Cc1[cH-]c2ccccc2c1Pc1ccccc1.Cc1cc2ccccc2[cH-]1.[Zr+2]. The zero-order valence-electron chi connectivity index (χ0n) is 16.2. The molecule has 28 heavy (non-hydrogen) atoms.